The second kappa shape index (κ2) is 10.6. The van der Waals surface area contributed by atoms with Gasteiger partial charge in [0, 0.05) is 42.8 Å². The Morgan fingerprint density at radius 3 is 2.76 bits per heavy atom. The van der Waals surface area contributed by atoms with Gasteiger partial charge in [-0.25, -0.2) is 13.1 Å². The zero-order valence-corrected chi connectivity index (χ0v) is 20.4. The maximum atomic E-state index is 12.7. The molecule has 1 aliphatic heterocycles. The highest BCUT2D eigenvalue weighted by Gasteiger charge is 2.24. The molecule has 1 N–H and O–H groups in total. The number of nitrogens with one attached hydrogen (secondary N) is 1. The van der Waals surface area contributed by atoms with Crippen LogP contribution in [0.3, 0.4) is 0 Å². The largest absolute Gasteiger partial charge is 0.338 e. The fourth-order valence-corrected chi connectivity index (χ4v) is 6.07. The molecule has 0 saturated heterocycles. The van der Waals surface area contributed by atoms with Crippen LogP contribution in [-0.4, -0.2) is 30.8 Å². The molecule has 174 valence electrons. The molecule has 3 aromatic rings. The second-order valence-corrected chi connectivity index (χ2v) is 11.2. The van der Waals surface area contributed by atoms with Crippen LogP contribution < -0.4 is 4.72 Å². The molecular formula is C25H29N3O3S2. The molecule has 33 heavy (non-hydrogen) atoms. The molecule has 0 radical (unpaired) electrons. The van der Waals surface area contributed by atoms with Crippen molar-refractivity contribution >= 4 is 27.3 Å². The third-order valence-corrected chi connectivity index (χ3v) is 8.24. The number of benzene rings is 1. The monoisotopic (exact) mass is 483 g/mol. The summed E-state index contributed by atoms with van der Waals surface area (Å²) in [6, 6.07) is 13.3. The lowest BCUT2D eigenvalue weighted by Gasteiger charge is -2.30. The Hall–Kier alpha value is -2.55. The minimum Gasteiger partial charge on any atom is -0.338 e. The van der Waals surface area contributed by atoms with Gasteiger partial charge in [0.1, 0.15) is 0 Å². The predicted octanol–water partition coefficient (Wildman–Crippen LogP) is 3.98. The van der Waals surface area contributed by atoms with Crippen molar-refractivity contribution in [2.24, 2.45) is 0 Å². The third-order valence-electron chi connectivity index (χ3n) is 6.01. The van der Waals surface area contributed by atoms with Crippen LogP contribution in [0, 0.1) is 6.92 Å². The van der Waals surface area contributed by atoms with Crippen LogP contribution in [0.15, 0.2) is 54.0 Å². The number of carbonyl (C=O) groups excluding carboxylic acids is 1. The van der Waals surface area contributed by atoms with Crippen molar-refractivity contribution in [3.05, 3.63) is 86.9 Å². The Balaban J connectivity index is 1.37. The van der Waals surface area contributed by atoms with Gasteiger partial charge in [0.05, 0.1) is 5.75 Å². The fraction of sp³-hybridized carbons (Fsp3) is 0.360. The first kappa shape index (κ1) is 23.6. The van der Waals surface area contributed by atoms with Gasteiger partial charge in [-0.3, -0.25) is 9.78 Å². The average Bonchev–Trinajstić information content (AvgIpc) is 3.32. The van der Waals surface area contributed by atoms with Crippen LogP contribution in [0.1, 0.15) is 45.7 Å². The number of thiophene rings is 1. The van der Waals surface area contributed by atoms with E-state index >= 15 is 0 Å². The van der Waals surface area contributed by atoms with E-state index in [2.05, 4.69) is 21.2 Å². The molecule has 1 aliphatic rings. The molecule has 1 amide bonds. The standard InChI is InChI=1S/C25H29N3O3S2/c1-19-24(16-27-33(30,31)18-20-7-3-2-4-8-20)23-12-13-28(17-21(23)15-26-19)25(29)11-5-9-22-10-6-14-32-22/h2-4,6-8,10,14-15,27H,5,9,11-13,16-18H2,1H3. The lowest BCUT2D eigenvalue weighted by Crippen LogP contribution is -2.37. The van der Waals surface area contributed by atoms with Crippen LogP contribution in [-0.2, 0) is 46.5 Å². The van der Waals surface area contributed by atoms with Gasteiger partial charge >= 0.3 is 0 Å². The van der Waals surface area contributed by atoms with Gasteiger partial charge in [-0.05, 0) is 59.9 Å². The first-order valence-corrected chi connectivity index (χ1v) is 13.7. The zero-order valence-electron chi connectivity index (χ0n) is 18.8. The average molecular weight is 484 g/mol. The van der Waals surface area contributed by atoms with Gasteiger partial charge < -0.3 is 4.90 Å². The lowest BCUT2D eigenvalue weighted by molar-refractivity contribution is -0.132. The zero-order chi connectivity index (χ0) is 23.3. The van der Waals surface area contributed by atoms with Gasteiger partial charge in [0.25, 0.3) is 0 Å². The smallest absolute Gasteiger partial charge is 0.222 e. The van der Waals surface area contributed by atoms with Crippen molar-refractivity contribution in [3.8, 4) is 0 Å². The van der Waals surface area contributed by atoms with Crippen molar-refractivity contribution in [3.63, 3.8) is 0 Å². The number of pyridine rings is 1. The summed E-state index contributed by atoms with van der Waals surface area (Å²) in [5, 5.41) is 2.06. The summed E-state index contributed by atoms with van der Waals surface area (Å²) in [5.74, 6) is 0.117. The topological polar surface area (TPSA) is 79.4 Å². The van der Waals surface area contributed by atoms with E-state index in [-0.39, 0.29) is 18.2 Å². The maximum Gasteiger partial charge on any atom is 0.222 e. The highest BCUT2D eigenvalue weighted by atomic mass is 32.2. The molecule has 0 spiro atoms. The van der Waals surface area contributed by atoms with Gasteiger partial charge in [-0.1, -0.05) is 36.4 Å². The molecule has 0 saturated carbocycles. The van der Waals surface area contributed by atoms with Gasteiger partial charge in [0.15, 0.2) is 0 Å². The van der Waals surface area contributed by atoms with Crippen LogP contribution in [0.25, 0.3) is 0 Å². The number of hydrogen-bond acceptors (Lipinski definition) is 5. The number of nitrogens with zero attached hydrogens (tertiary/aromatic N) is 2. The molecule has 0 fully saturated rings. The number of carbonyl (C=O) groups is 1. The molecule has 4 rings (SSSR count). The molecule has 3 heterocycles. The number of aromatic nitrogens is 1. The number of fused-ring (bicyclic) bond motifs is 1. The van der Waals surface area contributed by atoms with Crippen molar-refractivity contribution in [1.29, 1.82) is 0 Å². The molecule has 0 unspecified atom stereocenters. The normalized spacial score (nSPS) is 13.7. The molecule has 0 bridgehead atoms. The number of sulfonamides is 1. The molecular weight excluding hydrogens is 454 g/mol. The molecule has 6 nitrogen and oxygen atoms in total. The lowest BCUT2D eigenvalue weighted by atomic mass is 9.95. The van der Waals surface area contributed by atoms with E-state index in [9.17, 15) is 13.2 Å². The number of aryl methyl sites for hydroxylation is 2. The van der Waals surface area contributed by atoms with Gasteiger partial charge in [-0.2, -0.15) is 0 Å². The van der Waals surface area contributed by atoms with Crippen LogP contribution in [0.5, 0.6) is 0 Å². The molecule has 1 aromatic carbocycles. The van der Waals surface area contributed by atoms with E-state index < -0.39 is 10.0 Å². The quantitative estimate of drug-likeness (QED) is 0.499. The Labute approximate surface area is 199 Å². The van der Waals surface area contributed by atoms with Crippen molar-refractivity contribution in [1.82, 2.24) is 14.6 Å². The van der Waals surface area contributed by atoms with E-state index in [1.165, 1.54) is 4.88 Å². The summed E-state index contributed by atoms with van der Waals surface area (Å²) >= 11 is 1.73. The minimum atomic E-state index is -3.47. The Kier molecular flexibility index (Phi) is 7.57. The fourth-order valence-electron chi connectivity index (χ4n) is 4.22. The van der Waals surface area contributed by atoms with Crippen LogP contribution >= 0.6 is 11.3 Å². The Morgan fingerprint density at radius 2 is 2.00 bits per heavy atom. The summed E-state index contributed by atoms with van der Waals surface area (Å²) in [6.07, 6.45) is 4.87. The number of hydrogen-bond donors (Lipinski definition) is 1. The highest BCUT2D eigenvalue weighted by molar-refractivity contribution is 7.88. The molecule has 8 heteroatoms. The van der Waals surface area contributed by atoms with E-state index in [0.29, 0.717) is 25.9 Å². The maximum absolute atomic E-state index is 12.7. The molecule has 0 aliphatic carbocycles. The summed E-state index contributed by atoms with van der Waals surface area (Å²) in [6.45, 7) is 3.30. The number of rotatable bonds is 9. The van der Waals surface area contributed by atoms with Crippen LogP contribution in [0.4, 0.5) is 0 Å². The minimum absolute atomic E-state index is 0.0525. The molecule has 2 aromatic heterocycles. The van der Waals surface area contributed by atoms with Gasteiger partial charge in [0.2, 0.25) is 15.9 Å². The van der Waals surface area contributed by atoms with E-state index in [0.717, 1.165) is 40.8 Å². The Morgan fingerprint density at radius 1 is 1.18 bits per heavy atom. The summed E-state index contributed by atoms with van der Waals surface area (Å²) in [4.78, 5) is 20.4. The molecule has 0 atom stereocenters. The summed E-state index contributed by atoms with van der Waals surface area (Å²) < 4.78 is 27.9. The van der Waals surface area contributed by atoms with Crippen molar-refractivity contribution < 1.29 is 13.2 Å². The first-order valence-electron chi connectivity index (χ1n) is 11.2. The van der Waals surface area contributed by atoms with E-state index in [1.54, 1.807) is 11.3 Å². The second-order valence-electron chi connectivity index (χ2n) is 8.39. The number of amides is 1. The van der Waals surface area contributed by atoms with E-state index in [4.69, 9.17) is 0 Å². The van der Waals surface area contributed by atoms with Gasteiger partial charge in [-0.15, -0.1) is 11.3 Å². The SMILES string of the molecule is Cc1ncc2c(c1CNS(=O)(=O)Cc1ccccc1)CCN(C(=O)CCCc1cccs1)C2. The Bertz CT molecular complexity index is 1190. The third kappa shape index (κ3) is 6.28. The first-order chi connectivity index (χ1) is 15.9. The highest BCUT2D eigenvalue weighted by Crippen LogP contribution is 2.25. The van der Waals surface area contributed by atoms with E-state index in [1.807, 2.05) is 54.4 Å². The van der Waals surface area contributed by atoms with Crippen molar-refractivity contribution in [2.45, 2.75) is 51.4 Å². The predicted molar refractivity (Wildman–Crippen MR) is 131 cm³/mol. The van der Waals surface area contributed by atoms with Crippen LogP contribution in [0.2, 0.25) is 0 Å². The summed E-state index contributed by atoms with van der Waals surface area (Å²) in [7, 11) is -3.47. The summed E-state index contributed by atoms with van der Waals surface area (Å²) in [5.41, 5.74) is 4.63. The van der Waals surface area contributed by atoms with Crippen molar-refractivity contribution in [2.75, 3.05) is 6.54 Å².